The third-order valence-electron chi connectivity index (χ3n) is 5.32. The summed E-state index contributed by atoms with van der Waals surface area (Å²) in [6.07, 6.45) is 2.98. The van der Waals surface area contributed by atoms with Crippen LogP contribution in [0.2, 0.25) is 0 Å². The molecule has 1 atom stereocenters. The van der Waals surface area contributed by atoms with Gasteiger partial charge in [-0.25, -0.2) is 0 Å². The number of hydrogen-bond acceptors (Lipinski definition) is 4. The van der Waals surface area contributed by atoms with Crippen molar-refractivity contribution < 1.29 is 9.59 Å². The summed E-state index contributed by atoms with van der Waals surface area (Å²) < 4.78 is 1.23. The molecule has 2 aromatic carbocycles. The van der Waals surface area contributed by atoms with Crippen molar-refractivity contribution in [3.05, 3.63) is 59.2 Å². The first kappa shape index (κ1) is 17.1. The molecular weight excluding hydrogens is 370 g/mol. The minimum atomic E-state index is -0.105. The van der Waals surface area contributed by atoms with Crippen LogP contribution in [0.15, 0.2) is 47.5 Å². The van der Waals surface area contributed by atoms with Crippen LogP contribution < -0.4 is 10.6 Å². The van der Waals surface area contributed by atoms with Crippen LogP contribution >= 0.6 is 11.3 Å². The van der Waals surface area contributed by atoms with E-state index in [0.717, 1.165) is 16.0 Å². The van der Waals surface area contributed by atoms with Crippen molar-refractivity contribution in [1.29, 1.82) is 0 Å². The minimum absolute atomic E-state index is 0.0279. The maximum Gasteiger partial charge on any atom is 0.251 e. The fraction of sp³-hybridized carbons (Fsp3) is 0.227. The Labute approximate surface area is 166 Å². The number of nitrogens with zero attached hydrogens (tertiary/aromatic N) is 1. The number of amides is 2. The molecule has 6 heteroatoms. The maximum absolute atomic E-state index is 12.9. The second-order valence-electron chi connectivity index (χ2n) is 7.22. The number of fused-ring (bicyclic) bond motifs is 2. The van der Waals surface area contributed by atoms with Crippen molar-refractivity contribution in [1.82, 2.24) is 10.6 Å². The van der Waals surface area contributed by atoms with Crippen LogP contribution in [0.25, 0.3) is 20.5 Å². The Balaban J connectivity index is 1.49. The molecule has 5 nitrogen and oxygen atoms in total. The molecular formula is C22H19N3O2S. The monoisotopic (exact) mass is 389 g/mol. The Morgan fingerprint density at radius 1 is 1.21 bits per heavy atom. The zero-order valence-electron chi connectivity index (χ0n) is 15.2. The Morgan fingerprint density at radius 2 is 2.11 bits per heavy atom. The predicted octanol–water partition coefficient (Wildman–Crippen LogP) is 3.51. The molecule has 1 fully saturated rings. The van der Waals surface area contributed by atoms with E-state index in [9.17, 15) is 9.59 Å². The molecule has 0 aliphatic carbocycles. The molecule has 140 valence electrons. The van der Waals surface area contributed by atoms with Crippen LogP contribution in [0.4, 0.5) is 0 Å². The third-order valence-corrected chi connectivity index (χ3v) is 6.47. The minimum Gasteiger partial charge on any atom is -0.354 e. The van der Waals surface area contributed by atoms with Crippen molar-refractivity contribution in [2.75, 3.05) is 6.54 Å². The lowest BCUT2D eigenvalue weighted by molar-refractivity contribution is -0.122. The lowest BCUT2D eigenvalue weighted by atomic mass is 9.97. The summed E-state index contributed by atoms with van der Waals surface area (Å²) in [7, 11) is 0. The fourth-order valence-electron chi connectivity index (χ4n) is 3.81. The van der Waals surface area contributed by atoms with Crippen molar-refractivity contribution in [2.24, 2.45) is 4.99 Å². The van der Waals surface area contributed by atoms with Gasteiger partial charge in [-0.3, -0.25) is 14.6 Å². The highest BCUT2D eigenvalue weighted by Gasteiger charge is 2.23. The number of thiophene rings is 1. The normalized spacial score (nSPS) is 18.1. The molecule has 1 aromatic heterocycles. The van der Waals surface area contributed by atoms with E-state index in [-0.39, 0.29) is 17.9 Å². The number of rotatable bonds is 3. The van der Waals surface area contributed by atoms with Gasteiger partial charge in [0, 0.05) is 40.4 Å². The van der Waals surface area contributed by atoms with E-state index in [1.807, 2.05) is 30.5 Å². The molecule has 1 unspecified atom stereocenters. The van der Waals surface area contributed by atoms with E-state index in [1.165, 1.54) is 15.6 Å². The van der Waals surface area contributed by atoms with Gasteiger partial charge < -0.3 is 10.6 Å². The largest absolute Gasteiger partial charge is 0.354 e. The molecule has 2 N–H and O–H groups in total. The molecule has 28 heavy (non-hydrogen) atoms. The fourth-order valence-corrected chi connectivity index (χ4v) is 4.92. The number of piperidine rings is 1. The molecule has 2 aliphatic rings. The lowest BCUT2D eigenvalue weighted by Crippen LogP contribution is -2.47. The van der Waals surface area contributed by atoms with Crippen LogP contribution in [0.1, 0.15) is 34.3 Å². The van der Waals surface area contributed by atoms with E-state index in [2.05, 4.69) is 33.8 Å². The van der Waals surface area contributed by atoms with Gasteiger partial charge in [-0.2, -0.15) is 0 Å². The molecule has 3 heterocycles. The van der Waals surface area contributed by atoms with Crippen LogP contribution in [0.5, 0.6) is 0 Å². The highest BCUT2D eigenvalue weighted by Crippen LogP contribution is 2.38. The highest BCUT2D eigenvalue weighted by molar-refractivity contribution is 7.22. The smallest absolute Gasteiger partial charge is 0.251 e. The second kappa shape index (κ2) is 6.87. The molecule has 5 rings (SSSR count). The van der Waals surface area contributed by atoms with Gasteiger partial charge in [-0.1, -0.05) is 18.2 Å². The molecule has 1 saturated heterocycles. The first-order chi connectivity index (χ1) is 13.7. The molecule has 0 bridgehead atoms. The summed E-state index contributed by atoms with van der Waals surface area (Å²) in [5, 5.41) is 7.08. The molecule has 2 aliphatic heterocycles. The molecule has 2 amide bonds. The third kappa shape index (κ3) is 3.10. The summed E-state index contributed by atoms with van der Waals surface area (Å²) in [5.41, 5.74) is 3.90. The van der Waals surface area contributed by atoms with Crippen molar-refractivity contribution >= 4 is 39.5 Å². The highest BCUT2D eigenvalue weighted by atomic mass is 32.1. The van der Waals surface area contributed by atoms with E-state index < -0.39 is 0 Å². The average molecular weight is 389 g/mol. The molecule has 3 aromatic rings. The van der Waals surface area contributed by atoms with Crippen molar-refractivity contribution in [3.63, 3.8) is 0 Å². The predicted molar refractivity (Wildman–Crippen MR) is 112 cm³/mol. The molecule has 0 spiro atoms. The molecule has 0 saturated carbocycles. The van der Waals surface area contributed by atoms with Gasteiger partial charge in [0.1, 0.15) is 0 Å². The first-order valence-electron chi connectivity index (χ1n) is 9.40. The average Bonchev–Trinajstić information content (AvgIpc) is 3.35. The number of hydrogen-bond donors (Lipinski definition) is 2. The van der Waals surface area contributed by atoms with Crippen LogP contribution in [-0.2, 0) is 11.3 Å². The summed E-state index contributed by atoms with van der Waals surface area (Å²) in [5.74, 6) is -0.0575. The van der Waals surface area contributed by atoms with Crippen molar-refractivity contribution in [2.45, 2.75) is 25.4 Å². The standard InChI is InChI=1S/C22H19N3O2S/c26-21-6-5-16(11-24-21)25-22(27)14-7-15-10-23-12-18(15)17(8-14)20-9-13-3-1-2-4-19(13)28-20/h1-4,7-10,16H,5-6,11-12H2,(H,24,26)(H,25,27). The summed E-state index contributed by atoms with van der Waals surface area (Å²) in [6.45, 7) is 1.13. The quantitative estimate of drug-likeness (QED) is 0.720. The Bertz CT molecular complexity index is 1090. The van der Waals surface area contributed by atoms with Gasteiger partial charge in [0.15, 0.2) is 0 Å². The zero-order valence-corrected chi connectivity index (χ0v) is 16.0. The van der Waals surface area contributed by atoms with Gasteiger partial charge >= 0.3 is 0 Å². The number of nitrogens with one attached hydrogen (secondary N) is 2. The summed E-state index contributed by atoms with van der Waals surface area (Å²) >= 11 is 1.74. The zero-order chi connectivity index (χ0) is 19.1. The van der Waals surface area contributed by atoms with E-state index in [1.54, 1.807) is 11.3 Å². The van der Waals surface area contributed by atoms with Gasteiger partial charge in [-0.15, -0.1) is 11.3 Å². The number of benzene rings is 2. The summed E-state index contributed by atoms with van der Waals surface area (Å²) in [4.78, 5) is 29.8. The van der Waals surface area contributed by atoms with Crippen LogP contribution in [-0.4, -0.2) is 30.6 Å². The SMILES string of the molecule is O=C1CCC(NC(=O)c2cc3c(c(-c4cc5ccccc5s4)c2)CN=C3)CN1. The Hall–Kier alpha value is -2.99. The van der Waals surface area contributed by atoms with Gasteiger partial charge in [0.2, 0.25) is 5.91 Å². The number of carbonyl (C=O) groups excluding carboxylic acids is 2. The summed E-state index contributed by atoms with van der Waals surface area (Å²) in [6, 6.07) is 14.4. The van der Waals surface area contributed by atoms with Crippen molar-refractivity contribution in [3.8, 4) is 10.4 Å². The Morgan fingerprint density at radius 3 is 2.93 bits per heavy atom. The van der Waals surface area contributed by atoms with Crippen LogP contribution in [0, 0.1) is 0 Å². The number of aliphatic imine (C=N–C) groups is 1. The van der Waals surface area contributed by atoms with Gasteiger partial charge in [0.05, 0.1) is 6.54 Å². The van der Waals surface area contributed by atoms with Gasteiger partial charge in [0.25, 0.3) is 5.91 Å². The maximum atomic E-state index is 12.9. The van der Waals surface area contributed by atoms with E-state index in [0.29, 0.717) is 31.5 Å². The van der Waals surface area contributed by atoms with Gasteiger partial charge in [-0.05, 0) is 52.8 Å². The first-order valence-corrected chi connectivity index (χ1v) is 10.2. The van der Waals surface area contributed by atoms with E-state index in [4.69, 9.17) is 0 Å². The topological polar surface area (TPSA) is 70.6 Å². The lowest BCUT2D eigenvalue weighted by Gasteiger charge is -2.23. The second-order valence-corrected chi connectivity index (χ2v) is 8.31. The molecule has 0 radical (unpaired) electrons. The number of carbonyl (C=O) groups is 2. The van der Waals surface area contributed by atoms with Crippen LogP contribution in [0.3, 0.4) is 0 Å². The van der Waals surface area contributed by atoms with E-state index >= 15 is 0 Å². The Kier molecular flexibility index (Phi) is 4.20.